The number of hydrogen-bond donors (Lipinski definition) is 2. The van der Waals surface area contributed by atoms with Gasteiger partial charge < -0.3 is 20.1 Å². The number of unbranched alkanes of at least 4 members (excludes halogenated alkanes) is 2. The number of nitrogens with one attached hydrogen (secondary N) is 2. The molecule has 0 aromatic heterocycles. The van der Waals surface area contributed by atoms with Crippen molar-refractivity contribution < 1.29 is 19.1 Å². The SMILES string of the molecule is CCCCOC(=O)C1=C(C)NC(=O)NC1c1ccccc1OCCCC. The van der Waals surface area contributed by atoms with Gasteiger partial charge in [0.15, 0.2) is 0 Å². The van der Waals surface area contributed by atoms with E-state index in [0.29, 0.717) is 30.2 Å². The van der Waals surface area contributed by atoms with Gasteiger partial charge in [-0.2, -0.15) is 0 Å². The van der Waals surface area contributed by atoms with Gasteiger partial charge in [0.05, 0.1) is 24.8 Å². The highest BCUT2D eigenvalue weighted by Gasteiger charge is 2.33. The van der Waals surface area contributed by atoms with Crippen LogP contribution in [0.2, 0.25) is 0 Å². The molecule has 0 spiro atoms. The number of benzene rings is 1. The molecule has 1 aliphatic rings. The molecule has 6 nitrogen and oxygen atoms in total. The van der Waals surface area contributed by atoms with E-state index in [1.165, 1.54) is 0 Å². The van der Waals surface area contributed by atoms with Gasteiger partial charge in [-0.05, 0) is 25.8 Å². The van der Waals surface area contributed by atoms with Gasteiger partial charge in [-0.25, -0.2) is 9.59 Å². The fourth-order valence-corrected chi connectivity index (χ4v) is 2.76. The Morgan fingerprint density at radius 1 is 1.12 bits per heavy atom. The Bertz CT molecular complexity index is 670. The standard InChI is InChI=1S/C20H28N2O4/c1-4-6-12-25-16-11-9-8-10-15(16)18-17(14(3)21-20(24)22-18)19(23)26-13-7-5-2/h8-11,18H,4-7,12-13H2,1-3H3,(H2,21,22,24). The van der Waals surface area contributed by atoms with Gasteiger partial charge in [0.25, 0.3) is 0 Å². The second-order valence-corrected chi connectivity index (χ2v) is 6.30. The molecular weight excluding hydrogens is 332 g/mol. The summed E-state index contributed by atoms with van der Waals surface area (Å²) in [5.41, 5.74) is 1.66. The molecule has 1 heterocycles. The molecule has 2 rings (SSSR count). The minimum absolute atomic E-state index is 0.346. The predicted octanol–water partition coefficient (Wildman–Crippen LogP) is 3.84. The summed E-state index contributed by atoms with van der Waals surface area (Å²) < 4.78 is 11.3. The minimum atomic E-state index is -0.601. The molecule has 2 amide bonds. The van der Waals surface area contributed by atoms with E-state index in [1.807, 2.05) is 31.2 Å². The first-order valence-electron chi connectivity index (χ1n) is 9.25. The van der Waals surface area contributed by atoms with E-state index in [2.05, 4.69) is 17.6 Å². The monoisotopic (exact) mass is 360 g/mol. The molecule has 1 unspecified atom stereocenters. The molecule has 6 heteroatoms. The molecule has 0 saturated heterocycles. The second-order valence-electron chi connectivity index (χ2n) is 6.30. The van der Waals surface area contributed by atoms with Crippen molar-refractivity contribution in [3.8, 4) is 5.75 Å². The first kappa shape index (κ1) is 19.8. The molecule has 1 aromatic carbocycles. The summed E-state index contributed by atoms with van der Waals surface area (Å²) in [4.78, 5) is 24.6. The maximum atomic E-state index is 12.6. The number of rotatable bonds is 9. The van der Waals surface area contributed by atoms with E-state index in [-0.39, 0.29) is 6.03 Å². The molecule has 142 valence electrons. The number of amides is 2. The maximum absolute atomic E-state index is 12.6. The Hall–Kier alpha value is -2.50. The smallest absolute Gasteiger partial charge is 0.338 e. The lowest BCUT2D eigenvalue weighted by Crippen LogP contribution is -2.45. The first-order chi connectivity index (χ1) is 12.6. The van der Waals surface area contributed by atoms with Crippen LogP contribution in [0.25, 0.3) is 0 Å². The molecule has 1 atom stereocenters. The van der Waals surface area contributed by atoms with Crippen LogP contribution in [0, 0.1) is 0 Å². The number of ether oxygens (including phenoxy) is 2. The van der Waals surface area contributed by atoms with E-state index < -0.39 is 12.0 Å². The first-order valence-corrected chi connectivity index (χ1v) is 9.25. The molecule has 1 aliphatic heterocycles. The van der Waals surface area contributed by atoms with Crippen LogP contribution in [-0.2, 0) is 9.53 Å². The number of urea groups is 1. The van der Waals surface area contributed by atoms with Gasteiger partial charge in [-0.15, -0.1) is 0 Å². The average molecular weight is 360 g/mol. The van der Waals surface area contributed by atoms with Gasteiger partial charge in [-0.1, -0.05) is 44.9 Å². The zero-order valence-corrected chi connectivity index (χ0v) is 15.8. The van der Waals surface area contributed by atoms with E-state index in [4.69, 9.17) is 9.47 Å². The van der Waals surface area contributed by atoms with Crippen LogP contribution in [0.4, 0.5) is 4.79 Å². The molecule has 1 aromatic rings. The summed E-state index contributed by atoms with van der Waals surface area (Å²) in [6, 6.07) is 6.52. The van der Waals surface area contributed by atoms with E-state index in [9.17, 15) is 9.59 Å². The summed E-state index contributed by atoms with van der Waals surface area (Å²) in [7, 11) is 0. The van der Waals surface area contributed by atoms with Crippen molar-refractivity contribution in [2.24, 2.45) is 0 Å². The molecule has 0 aliphatic carbocycles. The van der Waals surface area contributed by atoms with Crippen LogP contribution < -0.4 is 15.4 Å². The molecule has 0 bridgehead atoms. The van der Waals surface area contributed by atoms with Gasteiger partial charge in [0.1, 0.15) is 5.75 Å². The van der Waals surface area contributed by atoms with E-state index in [1.54, 1.807) is 6.92 Å². The Kier molecular flexibility index (Phi) is 7.51. The van der Waals surface area contributed by atoms with Gasteiger partial charge >= 0.3 is 12.0 Å². The van der Waals surface area contributed by atoms with E-state index >= 15 is 0 Å². The molecular formula is C20H28N2O4. The van der Waals surface area contributed by atoms with E-state index in [0.717, 1.165) is 31.2 Å². The Morgan fingerprint density at radius 2 is 1.81 bits per heavy atom. The second kappa shape index (κ2) is 9.85. The highest BCUT2D eigenvalue weighted by Crippen LogP contribution is 2.33. The number of esters is 1. The lowest BCUT2D eigenvalue weighted by Gasteiger charge is -2.29. The van der Waals surface area contributed by atoms with Gasteiger partial charge in [0.2, 0.25) is 0 Å². The lowest BCUT2D eigenvalue weighted by atomic mass is 9.95. The third-order valence-electron chi connectivity index (χ3n) is 4.21. The largest absolute Gasteiger partial charge is 0.493 e. The molecule has 2 N–H and O–H groups in total. The molecule has 0 fully saturated rings. The van der Waals surface area contributed by atoms with Crippen molar-refractivity contribution in [3.63, 3.8) is 0 Å². The van der Waals surface area contributed by atoms with Crippen LogP contribution in [0.15, 0.2) is 35.5 Å². The van der Waals surface area contributed by atoms with Crippen LogP contribution in [0.1, 0.15) is 58.1 Å². The maximum Gasteiger partial charge on any atom is 0.338 e. The van der Waals surface area contributed by atoms with Gasteiger partial charge in [-0.3, -0.25) is 0 Å². The zero-order valence-electron chi connectivity index (χ0n) is 15.8. The Morgan fingerprint density at radius 3 is 2.54 bits per heavy atom. The van der Waals surface area contributed by atoms with Crippen LogP contribution >= 0.6 is 0 Å². The Balaban J connectivity index is 2.31. The predicted molar refractivity (Wildman–Crippen MR) is 99.8 cm³/mol. The summed E-state index contributed by atoms with van der Waals surface area (Å²) in [6.07, 6.45) is 3.71. The molecule has 0 radical (unpaired) electrons. The lowest BCUT2D eigenvalue weighted by molar-refractivity contribution is -0.139. The summed E-state index contributed by atoms with van der Waals surface area (Å²) in [6.45, 7) is 6.79. The van der Waals surface area contributed by atoms with Crippen molar-refractivity contribution in [1.82, 2.24) is 10.6 Å². The highest BCUT2D eigenvalue weighted by atomic mass is 16.5. The molecule has 0 saturated carbocycles. The number of para-hydroxylation sites is 1. The fourth-order valence-electron chi connectivity index (χ4n) is 2.76. The molecule has 26 heavy (non-hydrogen) atoms. The number of allylic oxidation sites excluding steroid dienone is 1. The van der Waals surface area contributed by atoms with Gasteiger partial charge in [0, 0.05) is 11.3 Å². The quantitative estimate of drug-likeness (QED) is 0.518. The average Bonchev–Trinajstić information content (AvgIpc) is 2.62. The van der Waals surface area contributed by atoms with Crippen LogP contribution in [-0.4, -0.2) is 25.2 Å². The third-order valence-corrected chi connectivity index (χ3v) is 4.21. The summed E-state index contributed by atoms with van der Waals surface area (Å²) >= 11 is 0. The van der Waals surface area contributed by atoms with Crippen molar-refractivity contribution in [2.45, 2.75) is 52.5 Å². The summed E-state index contributed by atoms with van der Waals surface area (Å²) in [5, 5.41) is 5.49. The fraction of sp³-hybridized carbons (Fsp3) is 0.500. The zero-order chi connectivity index (χ0) is 18.9. The number of carbonyl (C=O) groups excluding carboxylic acids is 2. The number of hydrogen-bond acceptors (Lipinski definition) is 4. The van der Waals surface area contributed by atoms with Crippen LogP contribution in [0.3, 0.4) is 0 Å². The highest BCUT2D eigenvalue weighted by molar-refractivity contribution is 5.95. The third kappa shape index (κ3) is 5.00. The van der Waals surface area contributed by atoms with Crippen molar-refractivity contribution in [1.29, 1.82) is 0 Å². The summed E-state index contributed by atoms with van der Waals surface area (Å²) in [5.74, 6) is 0.247. The number of carbonyl (C=O) groups is 2. The topological polar surface area (TPSA) is 76.7 Å². The van der Waals surface area contributed by atoms with Crippen LogP contribution in [0.5, 0.6) is 5.75 Å². The van der Waals surface area contributed by atoms with Crippen molar-refractivity contribution >= 4 is 12.0 Å². The van der Waals surface area contributed by atoms with Crippen molar-refractivity contribution in [2.75, 3.05) is 13.2 Å². The normalized spacial score (nSPS) is 16.7. The van der Waals surface area contributed by atoms with Crippen molar-refractivity contribution in [3.05, 3.63) is 41.1 Å². The Labute approximate surface area is 154 Å². The minimum Gasteiger partial charge on any atom is -0.493 e.